The highest BCUT2D eigenvalue weighted by Gasteiger charge is 2.11. The van der Waals surface area contributed by atoms with Crippen LogP contribution in [-0.2, 0) is 4.74 Å². The number of methoxy groups -OCH3 is 1. The maximum Gasteiger partial charge on any atom is 0.340 e. The van der Waals surface area contributed by atoms with E-state index in [2.05, 4.69) is 9.72 Å². The Labute approximate surface area is 86.1 Å². The average molecular weight is 200 g/mol. The van der Waals surface area contributed by atoms with Crippen LogP contribution in [0.3, 0.4) is 0 Å². The number of ether oxygens (including phenoxy) is 1. The Morgan fingerprint density at radius 3 is 3.00 bits per heavy atom. The summed E-state index contributed by atoms with van der Waals surface area (Å²) in [7, 11) is 1.34. The maximum atomic E-state index is 11.3. The molecule has 15 heavy (non-hydrogen) atoms. The molecule has 0 fully saturated rings. The average Bonchev–Trinajstić information content (AvgIpc) is 2.70. The van der Waals surface area contributed by atoms with E-state index >= 15 is 0 Å². The Bertz CT molecular complexity index is 563. The van der Waals surface area contributed by atoms with Crippen LogP contribution in [0.25, 0.3) is 10.9 Å². The van der Waals surface area contributed by atoms with Crippen molar-refractivity contribution in [2.24, 2.45) is 0 Å². The van der Waals surface area contributed by atoms with Crippen LogP contribution in [0.1, 0.15) is 15.9 Å². The second kappa shape index (κ2) is 3.46. The second-order valence-electron chi connectivity index (χ2n) is 3.07. The first-order valence-corrected chi connectivity index (χ1v) is 4.36. The Morgan fingerprint density at radius 2 is 2.33 bits per heavy atom. The molecule has 2 rings (SSSR count). The third kappa shape index (κ3) is 1.44. The Kier molecular flexibility index (Phi) is 2.14. The van der Waals surface area contributed by atoms with Gasteiger partial charge >= 0.3 is 5.97 Å². The van der Waals surface area contributed by atoms with Gasteiger partial charge in [-0.1, -0.05) is 6.07 Å². The number of aromatic amines is 1. The number of carbonyl (C=O) groups is 1. The first-order chi connectivity index (χ1) is 7.26. The molecule has 0 saturated heterocycles. The van der Waals surface area contributed by atoms with Gasteiger partial charge in [-0.05, 0) is 12.1 Å². The predicted molar refractivity (Wildman–Crippen MR) is 54.4 cm³/mol. The first-order valence-electron chi connectivity index (χ1n) is 4.36. The minimum absolute atomic E-state index is 0.383. The van der Waals surface area contributed by atoms with Crippen LogP contribution in [0, 0.1) is 11.3 Å². The van der Waals surface area contributed by atoms with Crippen molar-refractivity contribution in [2.75, 3.05) is 7.11 Å². The van der Waals surface area contributed by atoms with Crippen molar-refractivity contribution in [1.29, 1.82) is 5.26 Å². The Hall–Kier alpha value is -2.28. The molecule has 1 aromatic heterocycles. The van der Waals surface area contributed by atoms with Gasteiger partial charge in [0.15, 0.2) is 0 Å². The van der Waals surface area contributed by atoms with Crippen molar-refractivity contribution >= 4 is 16.9 Å². The van der Waals surface area contributed by atoms with E-state index in [0.717, 1.165) is 10.9 Å². The van der Waals surface area contributed by atoms with Crippen LogP contribution in [0.15, 0.2) is 24.4 Å². The number of nitriles is 1. The number of hydrogen-bond acceptors (Lipinski definition) is 3. The largest absolute Gasteiger partial charge is 0.465 e. The summed E-state index contributed by atoms with van der Waals surface area (Å²) in [5.74, 6) is -0.383. The summed E-state index contributed by atoms with van der Waals surface area (Å²) in [5, 5.41) is 9.47. The van der Waals surface area contributed by atoms with Crippen molar-refractivity contribution in [3.05, 3.63) is 35.5 Å². The minimum atomic E-state index is -0.383. The van der Waals surface area contributed by atoms with Crippen molar-refractivity contribution in [2.45, 2.75) is 0 Å². The zero-order valence-electron chi connectivity index (χ0n) is 8.07. The van der Waals surface area contributed by atoms with Crippen molar-refractivity contribution < 1.29 is 9.53 Å². The van der Waals surface area contributed by atoms with E-state index in [4.69, 9.17) is 5.26 Å². The molecule has 74 valence electrons. The lowest BCUT2D eigenvalue weighted by Crippen LogP contribution is -1.99. The number of fused-ring (bicyclic) bond motifs is 1. The maximum absolute atomic E-state index is 11.3. The fourth-order valence-corrected chi connectivity index (χ4v) is 1.47. The van der Waals surface area contributed by atoms with Crippen LogP contribution in [-0.4, -0.2) is 18.1 Å². The molecule has 0 saturated carbocycles. The van der Waals surface area contributed by atoms with Crippen LogP contribution in [0.2, 0.25) is 0 Å². The van der Waals surface area contributed by atoms with Crippen LogP contribution < -0.4 is 0 Å². The van der Waals surface area contributed by atoms with E-state index in [9.17, 15) is 4.79 Å². The number of nitrogens with one attached hydrogen (secondary N) is 1. The molecule has 0 atom stereocenters. The Balaban J connectivity index is 2.63. The van der Waals surface area contributed by atoms with Crippen LogP contribution in [0.4, 0.5) is 0 Å². The molecule has 0 unspecified atom stereocenters. The van der Waals surface area contributed by atoms with E-state index in [-0.39, 0.29) is 5.97 Å². The molecule has 4 nitrogen and oxygen atoms in total. The lowest BCUT2D eigenvalue weighted by Gasteiger charge is -1.96. The fourth-order valence-electron chi connectivity index (χ4n) is 1.47. The van der Waals surface area contributed by atoms with Gasteiger partial charge in [-0.25, -0.2) is 4.79 Å². The molecule has 2 aromatic rings. The van der Waals surface area contributed by atoms with E-state index in [1.807, 2.05) is 6.07 Å². The molecule has 0 aliphatic heterocycles. The molecule has 4 heteroatoms. The number of benzene rings is 1. The fraction of sp³-hybridized carbons (Fsp3) is 0.0909. The van der Waals surface area contributed by atoms with Gasteiger partial charge < -0.3 is 9.72 Å². The molecule has 0 amide bonds. The molecule has 0 spiro atoms. The molecule has 0 aliphatic carbocycles. The van der Waals surface area contributed by atoms with Gasteiger partial charge in [-0.2, -0.15) is 5.26 Å². The number of H-pyrrole nitrogens is 1. The number of hydrogen-bond donors (Lipinski definition) is 1. The number of esters is 1. The molecule has 0 radical (unpaired) electrons. The monoisotopic (exact) mass is 200 g/mol. The molecule has 1 N–H and O–H groups in total. The van der Waals surface area contributed by atoms with Gasteiger partial charge in [-0.3, -0.25) is 0 Å². The summed E-state index contributed by atoms with van der Waals surface area (Å²) in [5.41, 5.74) is 1.80. The quantitative estimate of drug-likeness (QED) is 0.714. The number of rotatable bonds is 1. The van der Waals surface area contributed by atoms with E-state index in [1.54, 1.807) is 24.4 Å². The lowest BCUT2D eigenvalue weighted by molar-refractivity contribution is 0.0603. The van der Waals surface area contributed by atoms with Crippen LogP contribution >= 0.6 is 0 Å². The standard InChI is InChI=1S/C11H8N2O2/c1-15-11(14)9-6-13-10-4-7(5-12)2-3-8(9)10/h2-4,6,13H,1H3. The number of carbonyl (C=O) groups excluding carboxylic acids is 1. The molecular weight excluding hydrogens is 192 g/mol. The van der Waals surface area contributed by atoms with E-state index < -0.39 is 0 Å². The highest BCUT2D eigenvalue weighted by Crippen LogP contribution is 2.19. The highest BCUT2D eigenvalue weighted by molar-refractivity contribution is 6.04. The Morgan fingerprint density at radius 1 is 1.53 bits per heavy atom. The van der Waals surface area contributed by atoms with Gasteiger partial charge in [0.25, 0.3) is 0 Å². The summed E-state index contributed by atoms with van der Waals surface area (Å²) >= 11 is 0. The third-order valence-corrected chi connectivity index (χ3v) is 2.22. The third-order valence-electron chi connectivity index (χ3n) is 2.22. The number of nitrogens with zero attached hydrogens (tertiary/aromatic N) is 1. The van der Waals surface area contributed by atoms with E-state index in [0.29, 0.717) is 11.1 Å². The van der Waals surface area contributed by atoms with Gasteiger partial charge in [0, 0.05) is 17.1 Å². The summed E-state index contributed by atoms with van der Waals surface area (Å²) in [6.07, 6.45) is 1.58. The van der Waals surface area contributed by atoms with Gasteiger partial charge in [-0.15, -0.1) is 0 Å². The van der Waals surface area contributed by atoms with Gasteiger partial charge in [0.05, 0.1) is 24.3 Å². The lowest BCUT2D eigenvalue weighted by atomic mass is 10.1. The van der Waals surface area contributed by atoms with Gasteiger partial charge in [0.2, 0.25) is 0 Å². The molecule has 1 heterocycles. The highest BCUT2D eigenvalue weighted by atomic mass is 16.5. The summed E-state index contributed by atoms with van der Waals surface area (Å²) in [6.45, 7) is 0. The van der Waals surface area contributed by atoms with Crippen LogP contribution in [0.5, 0.6) is 0 Å². The second-order valence-corrected chi connectivity index (χ2v) is 3.07. The molecule has 0 aliphatic rings. The minimum Gasteiger partial charge on any atom is -0.465 e. The summed E-state index contributed by atoms with van der Waals surface area (Å²) in [6, 6.07) is 7.13. The zero-order valence-corrected chi connectivity index (χ0v) is 8.07. The normalized spacial score (nSPS) is 9.87. The predicted octanol–water partition coefficient (Wildman–Crippen LogP) is 1.83. The molecule has 1 aromatic carbocycles. The smallest absolute Gasteiger partial charge is 0.340 e. The summed E-state index contributed by atoms with van der Waals surface area (Å²) < 4.78 is 4.64. The van der Waals surface area contributed by atoms with Crippen molar-refractivity contribution in [3.63, 3.8) is 0 Å². The zero-order chi connectivity index (χ0) is 10.8. The van der Waals surface area contributed by atoms with Crippen molar-refractivity contribution in [1.82, 2.24) is 4.98 Å². The topological polar surface area (TPSA) is 65.9 Å². The van der Waals surface area contributed by atoms with Crippen molar-refractivity contribution in [3.8, 4) is 6.07 Å². The van der Waals surface area contributed by atoms with Gasteiger partial charge in [0.1, 0.15) is 0 Å². The SMILES string of the molecule is COC(=O)c1c[nH]c2cc(C#N)ccc12. The summed E-state index contributed by atoms with van der Waals surface area (Å²) in [4.78, 5) is 14.3. The molecule has 0 bridgehead atoms. The van der Waals surface area contributed by atoms with E-state index in [1.165, 1.54) is 7.11 Å². The first kappa shape index (κ1) is 9.28. The molecular formula is C11H8N2O2. The number of aromatic nitrogens is 1.